The van der Waals surface area contributed by atoms with Crippen LogP contribution in [0.1, 0.15) is 44.9 Å². The van der Waals surface area contributed by atoms with Gasteiger partial charge in [0.1, 0.15) is 6.04 Å². The lowest BCUT2D eigenvalue weighted by Gasteiger charge is -2.30. The third-order valence-corrected chi connectivity index (χ3v) is 4.08. The lowest BCUT2D eigenvalue weighted by Crippen LogP contribution is -2.49. The highest BCUT2D eigenvalue weighted by atomic mass is 32.1. The molecule has 0 aromatic heterocycles. The molecule has 1 saturated heterocycles. The van der Waals surface area contributed by atoms with Gasteiger partial charge < -0.3 is 15.3 Å². The maximum atomic E-state index is 11.1. The fourth-order valence-corrected chi connectivity index (χ4v) is 3.16. The van der Waals surface area contributed by atoms with Gasteiger partial charge in [-0.05, 0) is 37.9 Å². The van der Waals surface area contributed by atoms with E-state index in [4.69, 9.17) is 17.3 Å². The Labute approximate surface area is 107 Å². The minimum Gasteiger partial charge on any atom is -0.480 e. The zero-order valence-corrected chi connectivity index (χ0v) is 10.8. The largest absolute Gasteiger partial charge is 0.480 e. The molecule has 0 aromatic rings. The van der Waals surface area contributed by atoms with E-state index < -0.39 is 12.0 Å². The van der Waals surface area contributed by atoms with Crippen LogP contribution in [0.4, 0.5) is 0 Å². The first-order valence-electron chi connectivity index (χ1n) is 6.48. The number of aliphatic carboxylic acids is 1. The number of carboxylic acids is 1. The van der Waals surface area contributed by atoms with E-state index in [0.717, 1.165) is 25.8 Å². The molecule has 96 valence electrons. The van der Waals surface area contributed by atoms with Crippen molar-refractivity contribution in [2.75, 3.05) is 6.54 Å². The molecule has 0 aromatic carbocycles. The highest BCUT2D eigenvalue weighted by Gasteiger charge is 2.32. The van der Waals surface area contributed by atoms with E-state index in [1.165, 1.54) is 19.3 Å². The van der Waals surface area contributed by atoms with E-state index in [1.807, 2.05) is 4.90 Å². The predicted molar refractivity (Wildman–Crippen MR) is 70.0 cm³/mol. The van der Waals surface area contributed by atoms with Gasteiger partial charge in [-0.1, -0.05) is 19.3 Å². The lowest BCUT2D eigenvalue weighted by atomic mass is 9.96. The van der Waals surface area contributed by atoms with E-state index in [-0.39, 0.29) is 0 Å². The number of thiocarbonyl (C=S) groups is 1. The Bertz CT molecular complexity index is 303. The molecule has 1 saturated carbocycles. The minimum absolute atomic E-state index is 0.418. The molecule has 1 atom stereocenters. The van der Waals surface area contributed by atoms with Crippen molar-refractivity contribution in [1.82, 2.24) is 10.2 Å². The van der Waals surface area contributed by atoms with Crippen molar-refractivity contribution in [2.24, 2.45) is 0 Å². The van der Waals surface area contributed by atoms with Gasteiger partial charge in [-0.25, -0.2) is 4.79 Å². The number of carboxylic acid groups (broad SMARTS) is 1. The molecule has 0 radical (unpaired) electrons. The van der Waals surface area contributed by atoms with Crippen molar-refractivity contribution in [2.45, 2.75) is 57.0 Å². The number of hydrogen-bond donors (Lipinski definition) is 2. The van der Waals surface area contributed by atoms with E-state index in [9.17, 15) is 4.79 Å². The molecule has 2 rings (SSSR count). The van der Waals surface area contributed by atoms with E-state index >= 15 is 0 Å². The third-order valence-electron chi connectivity index (χ3n) is 3.73. The van der Waals surface area contributed by atoms with Crippen LogP contribution in [-0.2, 0) is 4.79 Å². The van der Waals surface area contributed by atoms with Gasteiger partial charge in [-0.2, -0.15) is 0 Å². The van der Waals surface area contributed by atoms with Crippen molar-refractivity contribution in [3.8, 4) is 0 Å². The van der Waals surface area contributed by atoms with Crippen LogP contribution in [0.2, 0.25) is 0 Å². The number of nitrogens with zero attached hydrogens (tertiary/aromatic N) is 1. The molecule has 0 amide bonds. The Morgan fingerprint density at radius 3 is 2.53 bits per heavy atom. The molecule has 0 bridgehead atoms. The molecule has 17 heavy (non-hydrogen) atoms. The average Bonchev–Trinajstić information content (AvgIpc) is 2.79. The van der Waals surface area contributed by atoms with Gasteiger partial charge >= 0.3 is 5.97 Å². The first-order chi connectivity index (χ1) is 8.18. The van der Waals surface area contributed by atoms with Crippen LogP contribution in [0.5, 0.6) is 0 Å². The molecule has 2 fully saturated rings. The standard InChI is InChI=1S/C12H20N2O2S/c15-11(16)10-7-4-8-14(10)12(17)13-9-5-2-1-3-6-9/h9-10H,1-8H2,(H,13,17)(H,15,16). The molecule has 2 aliphatic rings. The summed E-state index contributed by atoms with van der Waals surface area (Å²) in [5.74, 6) is -0.754. The molecular weight excluding hydrogens is 236 g/mol. The highest BCUT2D eigenvalue weighted by molar-refractivity contribution is 7.80. The number of carbonyl (C=O) groups is 1. The van der Waals surface area contributed by atoms with Crippen LogP contribution in [0.15, 0.2) is 0 Å². The monoisotopic (exact) mass is 256 g/mol. The Hall–Kier alpha value is -0.840. The summed E-state index contributed by atoms with van der Waals surface area (Å²) in [6.07, 6.45) is 7.76. The molecule has 1 aliphatic heterocycles. The molecule has 0 spiro atoms. The van der Waals surface area contributed by atoms with Gasteiger partial charge in [-0.15, -0.1) is 0 Å². The molecule has 1 aliphatic carbocycles. The van der Waals surface area contributed by atoms with Gasteiger partial charge in [0.15, 0.2) is 5.11 Å². The van der Waals surface area contributed by atoms with Gasteiger partial charge in [0.05, 0.1) is 0 Å². The van der Waals surface area contributed by atoms with Gasteiger partial charge in [-0.3, -0.25) is 0 Å². The number of likely N-dealkylation sites (tertiary alicyclic amines) is 1. The second kappa shape index (κ2) is 5.67. The molecule has 5 heteroatoms. The molecule has 1 unspecified atom stereocenters. The second-order valence-electron chi connectivity index (χ2n) is 4.97. The predicted octanol–water partition coefficient (Wildman–Crippen LogP) is 1.74. The fourth-order valence-electron chi connectivity index (χ4n) is 2.77. The van der Waals surface area contributed by atoms with Gasteiger partial charge in [0.25, 0.3) is 0 Å². The molecular formula is C12H20N2O2S. The normalized spacial score (nSPS) is 25.9. The Morgan fingerprint density at radius 2 is 1.88 bits per heavy atom. The van der Waals surface area contributed by atoms with Crippen molar-refractivity contribution in [1.29, 1.82) is 0 Å². The van der Waals surface area contributed by atoms with Crippen LogP contribution in [0.25, 0.3) is 0 Å². The third kappa shape index (κ3) is 3.09. The maximum absolute atomic E-state index is 11.1. The SMILES string of the molecule is O=C(O)C1CCCN1C(=S)NC1CCCCC1. The fraction of sp³-hybridized carbons (Fsp3) is 0.833. The molecule has 4 nitrogen and oxygen atoms in total. The summed E-state index contributed by atoms with van der Waals surface area (Å²) in [6, 6.07) is 0.0323. The van der Waals surface area contributed by atoms with Crippen molar-refractivity contribution < 1.29 is 9.90 Å². The summed E-state index contributed by atoms with van der Waals surface area (Å²) < 4.78 is 0. The molecule has 2 N–H and O–H groups in total. The van der Waals surface area contributed by atoms with Gasteiger partial charge in [0.2, 0.25) is 0 Å². The lowest BCUT2D eigenvalue weighted by molar-refractivity contribution is -0.140. The number of nitrogens with one attached hydrogen (secondary N) is 1. The average molecular weight is 256 g/mol. The summed E-state index contributed by atoms with van der Waals surface area (Å²) in [5.41, 5.74) is 0. The van der Waals surface area contributed by atoms with Crippen LogP contribution >= 0.6 is 12.2 Å². The van der Waals surface area contributed by atoms with E-state index in [0.29, 0.717) is 17.6 Å². The van der Waals surface area contributed by atoms with Crippen molar-refractivity contribution >= 4 is 23.3 Å². The van der Waals surface area contributed by atoms with E-state index in [1.54, 1.807) is 0 Å². The van der Waals surface area contributed by atoms with Crippen LogP contribution < -0.4 is 5.32 Å². The van der Waals surface area contributed by atoms with Crippen LogP contribution in [0.3, 0.4) is 0 Å². The number of hydrogen-bond acceptors (Lipinski definition) is 2. The Kier molecular flexibility index (Phi) is 4.20. The van der Waals surface area contributed by atoms with Crippen LogP contribution in [0, 0.1) is 0 Å². The smallest absolute Gasteiger partial charge is 0.326 e. The zero-order valence-electron chi connectivity index (χ0n) is 10.0. The minimum atomic E-state index is -0.754. The van der Waals surface area contributed by atoms with E-state index in [2.05, 4.69) is 5.32 Å². The second-order valence-corrected chi connectivity index (χ2v) is 5.36. The van der Waals surface area contributed by atoms with Crippen molar-refractivity contribution in [3.05, 3.63) is 0 Å². The summed E-state index contributed by atoms with van der Waals surface area (Å²) in [5, 5.41) is 13.1. The van der Waals surface area contributed by atoms with Crippen molar-refractivity contribution in [3.63, 3.8) is 0 Å². The maximum Gasteiger partial charge on any atom is 0.326 e. The summed E-state index contributed by atoms with van der Waals surface area (Å²) >= 11 is 5.34. The summed E-state index contributed by atoms with van der Waals surface area (Å²) in [7, 11) is 0. The molecule has 1 heterocycles. The Balaban J connectivity index is 1.88. The zero-order chi connectivity index (χ0) is 12.3. The highest BCUT2D eigenvalue weighted by Crippen LogP contribution is 2.20. The van der Waals surface area contributed by atoms with Crippen LogP contribution in [-0.4, -0.2) is 39.7 Å². The first-order valence-corrected chi connectivity index (χ1v) is 6.89. The quantitative estimate of drug-likeness (QED) is 0.737. The number of rotatable bonds is 2. The first kappa shape index (κ1) is 12.6. The van der Waals surface area contributed by atoms with Gasteiger partial charge in [0, 0.05) is 12.6 Å². The Morgan fingerprint density at radius 1 is 1.18 bits per heavy atom. The summed E-state index contributed by atoms with van der Waals surface area (Å²) in [4.78, 5) is 12.9. The summed E-state index contributed by atoms with van der Waals surface area (Å²) in [6.45, 7) is 0.773. The topological polar surface area (TPSA) is 52.6 Å².